The second-order valence-electron chi connectivity index (χ2n) is 4.72. The molecule has 0 aliphatic carbocycles. The van der Waals surface area contributed by atoms with Gasteiger partial charge in [-0.2, -0.15) is 0 Å². The van der Waals surface area contributed by atoms with Gasteiger partial charge in [-0.05, 0) is 26.0 Å². The van der Waals surface area contributed by atoms with Gasteiger partial charge in [0.2, 0.25) is 5.91 Å². The van der Waals surface area contributed by atoms with E-state index in [1.54, 1.807) is 37.3 Å². The van der Waals surface area contributed by atoms with E-state index in [0.717, 1.165) is 0 Å². The van der Waals surface area contributed by atoms with Crippen LogP contribution in [0.2, 0.25) is 0 Å². The lowest BCUT2D eigenvalue weighted by molar-refractivity contribution is -0.150. The van der Waals surface area contributed by atoms with E-state index in [4.69, 9.17) is 13.8 Å². The van der Waals surface area contributed by atoms with E-state index in [1.165, 1.54) is 13.8 Å². The lowest BCUT2D eigenvalue weighted by Gasteiger charge is -2.22. The standard InChI is InChI=1S/C15H22NO6P/c1-4-20-15(18)12(2)21-23(19,11-10-16-13(3)17)22-14-8-6-5-7-9-14/h5-9,12H,4,10-11H2,1-3H3,(H,16,17)/t12-,23?/m0/s1. The molecule has 0 radical (unpaired) electrons. The van der Waals surface area contributed by atoms with Gasteiger partial charge in [-0.15, -0.1) is 0 Å². The van der Waals surface area contributed by atoms with Gasteiger partial charge in [-0.1, -0.05) is 18.2 Å². The van der Waals surface area contributed by atoms with Gasteiger partial charge in [0.15, 0.2) is 6.10 Å². The monoisotopic (exact) mass is 343 g/mol. The molecule has 0 aromatic heterocycles. The number of esters is 1. The predicted molar refractivity (Wildman–Crippen MR) is 85.4 cm³/mol. The van der Waals surface area contributed by atoms with Crippen molar-refractivity contribution in [3.8, 4) is 5.75 Å². The number of hydrogen-bond donors (Lipinski definition) is 1. The van der Waals surface area contributed by atoms with Crippen molar-refractivity contribution in [3.63, 3.8) is 0 Å². The highest BCUT2D eigenvalue weighted by Gasteiger charge is 2.32. The first-order valence-corrected chi connectivity index (χ1v) is 9.02. The Bertz CT molecular complexity index is 562. The Labute approximate surface area is 135 Å². The van der Waals surface area contributed by atoms with Crippen molar-refractivity contribution in [2.75, 3.05) is 19.3 Å². The molecule has 1 N–H and O–H groups in total. The van der Waals surface area contributed by atoms with Crippen molar-refractivity contribution in [3.05, 3.63) is 30.3 Å². The zero-order valence-corrected chi connectivity index (χ0v) is 14.4. The van der Waals surface area contributed by atoms with Gasteiger partial charge in [0.25, 0.3) is 0 Å². The molecule has 0 heterocycles. The molecule has 1 rings (SSSR count). The Balaban J connectivity index is 2.80. The van der Waals surface area contributed by atoms with E-state index < -0.39 is 19.7 Å². The molecule has 23 heavy (non-hydrogen) atoms. The Morgan fingerprint density at radius 2 is 1.91 bits per heavy atom. The van der Waals surface area contributed by atoms with Crippen LogP contribution in [-0.4, -0.2) is 37.3 Å². The third-order valence-corrected chi connectivity index (χ3v) is 4.58. The zero-order valence-electron chi connectivity index (χ0n) is 13.5. The molecule has 0 aliphatic rings. The molecule has 1 aromatic carbocycles. The van der Waals surface area contributed by atoms with E-state index in [1.807, 2.05) is 0 Å². The van der Waals surface area contributed by atoms with Crippen LogP contribution in [0.4, 0.5) is 0 Å². The Hall–Kier alpha value is -1.85. The zero-order chi connectivity index (χ0) is 17.3. The van der Waals surface area contributed by atoms with Crippen molar-refractivity contribution >= 4 is 19.5 Å². The fraction of sp³-hybridized carbons (Fsp3) is 0.467. The SMILES string of the molecule is CCOC(=O)[C@H](C)OP(=O)(CCNC(C)=O)Oc1ccccc1. The third kappa shape index (κ3) is 7.30. The second-order valence-corrected chi connectivity index (χ2v) is 6.78. The number of ether oxygens (including phenoxy) is 1. The van der Waals surface area contributed by atoms with E-state index in [-0.39, 0.29) is 25.2 Å². The smallest absolute Gasteiger partial charge is 0.381 e. The number of para-hydroxylation sites is 1. The number of benzene rings is 1. The summed E-state index contributed by atoms with van der Waals surface area (Å²) in [5.41, 5.74) is 0. The van der Waals surface area contributed by atoms with Gasteiger partial charge in [-0.25, -0.2) is 9.36 Å². The molecular weight excluding hydrogens is 321 g/mol. The summed E-state index contributed by atoms with van der Waals surface area (Å²) in [6.45, 7) is 4.77. The van der Waals surface area contributed by atoms with Crippen LogP contribution in [0, 0.1) is 0 Å². The van der Waals surface area contributed by atoms with Crippen LogP contribution in [0.5, 0.6) is 5.75 Å². The van der Waals surface area contributed by atoms with E-state index in [9.17, 15) is 14.2 Å². The van der Waals surface area contributed by atoms with Gasteiger partial charge < -0.3 is 14.6 Å². The van der Waals surface area contributed by atoms with Crippen molar-refractivity contribution in [2.45, 2.75) is 26.9 Å². The van der Waals surface area contributed by atoms with Crippen molar-refractivity contribution in [1.82, 2.24) is 5.32 Å². The summed E-state index contributed by atoms with van der Waals surface area (Å²) in [5.74, 6) is -0.520. The van der Waals surface area contributed by atoms with Crippen LogP contribution in [0.15, 0.2) is 30.3 Å². The maximum atomic E-state index is 12.9. The van der Waals surface area contributed by atoms with Gasteiger partial charge in [0.1, 0.15) is 5.75 Å². The summed E-state index contributed by atoms with van der Waals surface area (Å²) in [5, 5.41) is 2.53. The second kappa shape index (κ2) is 9.33. The highest BCUT2D eigenvalue weighted by molar-refractivity contribution is 7.54. The normalized spacial score (nSPS) is 14.4. The van der Waals surface area contributed by atoms with Gasteiger partial charge in [-0.3, -0.25) is 9.32 Å². The van der Waals surface area contributed by atoms with Crippen LogP contribution in [0.3, 0.4) is 0 Å². The minimum absolute atomic E-state index is 0.0643. The largest absolute Gasteiger partial charge is 0.464 e. The van der Waals surface area contributed by atoms with Crippen molar-refractivity contribution in [1.29, 1.82) is 0 Å². The summed E-state index contributed by atoms with van der Waals surface area (Å²) in [6.07, 6.45) is -1.10. The molecule has 1 unspecified atom stereocenters. The van der Waals surface area contributed by atoms with E-state index >= 15 is 0 Å². The molecule has 0 saturated carbocycles. The number of hydrogen-bond acceptors (Lipinski definition) is 6. The lowest BCUT2D eigenvalue weighted by atomic mass is 10.3. The minimum atomic E-state index is -3.65. The van der Waals surface area contributed by atoms with E-state index in [2.05, 4.69) is 5.32 Å². The molecule has 0 bridgehead atoms. The highest BCUT2D eigenvalue weighted by Crippen LogP contribution is 2.49. The molecule has 7 nitrogen and oxygen atoms in total. The number of rotatable bonds is 9. The van der Waals surface area contributed by atoms with Crippen LogP contribution in [0.1, 0.15) is 20.8 Å². The number of carbonyl (C=O) groups is 2. The minimum Gasteiger partial charge on any atom is -0.464 e. The van der Waals surface area contributed by atoms with Crippen LogP contribution < -0.4 is 9.84 Å². The van der Waals surface area contributed by atoms with Crippen LogP contribution in [0.25, 0.3) is 0 Å². The molecular formula is C15H22NO6P. The summed E-state index contributed by atoms with van der Waals surface area (Å²) in [7, 11) is -3.65. The maximum Gasteiger partial charge on any atom is 0.381 e. The lowest BCUT2D eigenvalue weighted by Crippen LogP contribution is -2.27. The Morgan fingerprint density at radius 1 is 1.26 bits per heavy atom. The number of nitrogens with one attached hydrogen (secondary N) is 1. The first kappa shape index (κ1) is 19.2. The molecule has 0 fully saturated rings. The van der Waals surface area contributed by atoms with Gasteiger partial charge in [0, 0.05) is 13.5 Å². The van der Waals surface area contributed by atoms with E-state index in [0.29, 0.717) is 5.75 Å². The molecule has 0 spiro atoms. The summed E-state index contributed by atoms with van der Waals surface area (Å²) >= 11 is 0. The molecule has 1 amide bonds. The fourth-order valence-corrected chi connectivity index (χ4v) is 3.31. The first-order valence-electron chi connectivity index (χ1n) is 7.29. The molecule has 2 atom stereocenters. The molecule has 0 saturated heterocycles. The molecule has 1 aromatic rings. The third-order valence-electron chi connectivity index (χ3n) is 2.68. The summed E-state index contributed by atoms with van der Waals surface area (Å²) in [6, 6.07) is 8.49. The number of carbonyl (C=O) groups excluding carboxylic acids is 2. The van der Waals surface area contributed by atoms with Crippen LogP contribution >= 0.6 is 7.60 Å². The maximum absolute atomic E-state index is 12.9. The van der Waals surface area contributed by atoms with Crippen molar-refractivity contribution in [2.24, 2.45) is 0 Å². The Morgan fingerprint density at radius 3 is 2.48 bits per heavy atom. The van der Waals surface area contributed by atoms with Crippen LogP contribution in [-0.2, 0) is 23.4 Å². The van der Waals surface area contributed by atoms with Gasteiger partial charge >= 0.3 is 13.6 Å². The molecule has 128 valence electrons. The number of amides is 1. The van der Waals surface area contributed by atoms with Crippen molar-refractivity contribution < 1.29 is 27.9 Å². The topological polar surface area (TPSA) is 90.9 Å². The predicted octanol–water partition coefficient (Wildman–Crippen LogP) is 2.36. The first-order chi connectivity index (χ1) is 10.9. The molecule has 8 heteroatoms. The summed E-state index contributed by atoms with van der Waals surface area (Å²) < 4.78 is 28.5. The van der Waals surface area contributed by atoms with Gasteiger partial charge in [0.05, 0.1) is 12.8 Å². The highest BCUT2D eigenvalue weighted by atomic mass is 31.2. The summed E-state index contributed by atoms with van der Waals surface area (Å²) in [4.78, 5) is 22.6. The average Bonchev–Trinajstić information content (AvgIpc) is 2.47. The fourth-order valence-electron chi connectivity index (χ4n) is 1.67. The Kier molecular flexibility index (Phi) is 7.78. The average molecular weight is 343 g/mol. The quantitative estimate of drug-likeness (QED) is 0.547. The molecule has 0 aliphatic heterocycles.